The standard InChI is InChI=1S/C22H23N3O6/c1-29-18-11-15(22(28)31-3)17(12-19(18)30-2)24-20(26)9-6-10-25-13-23-16-8-5-4-7-14(16)21(25)27/h4-5,7-8,11-13H,6,9-10H2,1-3H3,(H,24,26). The topological polar surface area (TPSA) is 109 Å². The van der Waals surface area contributed by atoms with Crippen LogP contribution in [0, 0.1) is 0 Å². The molecular formula is C22H23N3O6. The summed E-state index contributed by atoms with van der Waals surface area (Å²) in [6.07, 6.45) is 2.02. The number of aryl methyl sites for hydroxylation is 1. The molecule has 0 aliphatic rings. The van der Waals surface area contributed by atoms with Gasteiger partial charge in [-0.15, -0.1) is 0 Å². The van der Waals surface area contributed by atoms with E-state index < -0.39 is 5.97 Å². The maximum absolute atomic E-state index is 12.5. The molecule has 2 aromatic carbocycles. The summed E-state index contributed by atoms with van der Waals surface area (Å²) in [5.74, 6) is -0.243. The van der Waals surface area contributed by atoms with Gasteiger partial charge in [-0.1, -0.05) is 12.1 Å². The van der Waals surface area contributed by atoms with Gasteiger partial charge in [0, 0.05) is 25.1 Å². The molecule has 3 aromatic rings. The average Bonchev–Trinajstić information content (AvgIpc) is 2.79. The van der Waals surface area contributed by atoms with E-state index in [1.807, 2.05) is 6.07 Å². The maximum Gasteiger partial charge on any atom is 0.340 e. The molecule has 0 unspecified atom stereocenters. The van der Waals surface area contributed by atoms with Gasteiger partial charge in [0.15, 0.2) is 11.5 Å². The number of para-hydroxylation sites is 1. The molecule has 31 heavy (non-hydrogen) atoms. The van der Waals surface area contributed by atoms with Crippen molar-refractivity contribution in [3.8, 4) is 11.5 Å². The van der Waals surface area contributed by atoms with Gasteiger partial charge in [0.1, 0.15) is 0 Å². The van der Waals surface area contributed by atoms with E-state index in [1.54, 1.807) is 18.2 Å². The zero-order valence-corrected chi connectivity index (χ0v) is 17.5. The third-order valence-corrected chi connectivity index (χ3v) is 4.74. The number of methoxy groups -OCH3 is 3. The van der Waals surface area contributed by atoms with Gasteiger partial charge in [0.25, 0.3) is 5.56 Å². The minimum atomic E-state index is -0.620. The van der Waals surface area contributed by atoms with E-state index in [0.29, 0.717) is 35.4 Å². The summed E-state index contributed by atoms with van der Waals surface area (Å²) < 4.78 is 16.7. The molecule has 162 valence electrons. The lowest BCUT2D eigenvalue weighted by molar-refractivity contribution is -0.116. The molecule has 1 amide bonds. The molecule has 0 saturated heterocycles. The Bertz CT molecular complexity index is 1170. The van der Waals surface area contributed by atoms with Crippen molar-refractivity contribution in [2.24, 2.45) is 0 Å². The van der Waals surface area contributed by atoms with Crippen LogP contribution in [0.2, 0.25) is 0 Å². The highest BCUT2D eigenvalue weighted by molar-refractivity contribution is 6.02. The van der Waals surface area contributed by atoms with E-state index in [4.69, 9.17) is 14.2 Å². The first kappa shape index (κ1) is 21.8. The van der Waals surface area contributed by atoms with Gasteiger partial charge in [-0.25, -0.2) is 9.78 Å². The Morgan fingerprint density at radius 3 is 2.48 bits per heavy atom. The van der Waals surface area contributed by atoms with Crippen molar-refractivity contribution >= 4 is 28.5 Å². The summed E-state index contributed by atoms with van der Waals surface area (Å²) in [5.41, 5.74) is 0.867. The molecule has 9 nitrogen and oxygen atoms in total. The van der Waals surface area contributed by atoms with Crippen LogP contribution in [0.5, 0.6) is 11.5 Å². The van der Waals surface area contributed by atoms with Crippen LogP contribution in [-0.2, 0) is 16.1 Å². The number of carbonyl (C=O) groups excluding carboxylic acids is 2. The van der Waals surface area contributed by atoms with Crippen LogP contribution in [0.3, 0.4) is 0 Å². The molecule has 0 aliphatic heterocycles. The molecule has 0 spiro atoms. The second kappa shape index (κ2) is 9.75. The van der Waals surface area contributed by atoms with Crippen molar-refractivity contribution in [2.75, 3.05) is 26.6 Å². The quantitative estimate of drug-likeness (QED) is 0.553. The normalized spacial score (nSPS) is 10.5. The number of hydrogen-bond acceptors (Lipinski definition) is 7. The number of benzene rings is 2. The van der Waals surface area contributed by atoms with Crippen molar-refractivity contribution in [3.63, 3.8) is 0 Å². The van der Waals surface area contributed by atoms with Crippen molar-refractivity contribution < 1.29 is 23.8 Å². The maximum atomic E-state index is 12.5. The highest BCUT2D eigenvalue weighted by Gasteiger charge is 2.19. The molecule has 1 N–H and O–H groups in total. The van der Waals surface area contributed by atoms with Crippen LogP contribution in [0.25, 0.3) is 10.9 Å². The van der Waals surface area contributed by atoms with E-state index >= 15 is 0 Å². The SMILES string of the molecule is COC(=O)c1cc(OC)c(OC)cc1NC(=O)CCCn1cnc2ccccc2c1=O. The van der Waals surface area contributed by atoms with Gasteiger partial charge in [-0.3, -0.25) is 14.2 Å². The highest BCUT2D eigenvalue weighted by Crippen LogP contribution is 2.33. The Kier molecular flexibility index (Phi) is 6.86. The third-order valence-electron chi connectivity index (χ3n) is 4.74. The Balaban J connectivity index is 1.70. The first-order chi connectivity index (χ1) is 15.0. The fourth-order valence-corrected chi connectivity index (χ4v) is 3.15. The third kappa shape index (κ3) is 4.82. The van der Waals surface area contributed by atoms with E-state index in [9.17, 15) is 14.4 Å². The zero-order chi connectivity index (χ0) is 22.4. The number of nitrogens with one attached hydrogen (secondary N) is 1. The van der Waals surface area contributed by atoms with Crippen LogP contribution in [0.4, 0.5) is 5.69 Å². The van der Waals surface area contributed by atoms with E-state index in [2.05, 4.69) is 10.3 Å². The number of esters is 1. The second-order valence-corrected chi connectivity index (χ2v) is 6.66. The lowest BCUT2D eigenvalue weighted by Crippen LogP contribution is -2.22. The number of hydrogen-bond donors (Lipinski definition) is 1. The van der Waals surface area contributed by atoms with Crippen LogP contribution in [-0.4, -0.2) is 42.8 Å². The Hall–Kier alpha value is -3.88. The Morgan fingerprint density at radius 2 is 1.77 bits per heavy atom. The number of fused-ring (bicyclic) bond motifs is 1. The summed E-state index contributed by atoms with van der Waals surface area (Å²) in [6.45, 7) is 0.333. The molecule has 3 rings (SSSR count). The minimum absolute atomic E-state index is 0.133. The molecule has 0 atom stereocenters. The molecule has 9 heteroatoms. The van der Waals surface area contributed by atoms with Gasteiger partial charge in [-0.2, -0.15) is 0 Å². The highest BCUT2D eigenvalue weighted by atomic mass is 16.5. The largest absolute Gasteiger partial charge is 0.493 e. The van der Waals surface area contributed by atoms with E-state index in [0.717, 1.165) is 0 Å². The average molecular weight is 425 g/mol. The van der Waals surface area contributed by atoms with Crippen molar-refractivity contribution in [2.45, 2.75) is 19.4 Å². The second-order valence-electron chi connectivity index (χ2n) is 6.66. The van der Waals surface area contributed by atoms with Crippen LogP contribution in [0.1, 0.15) is 23.2 Å². The number of anilines is 1. The number of nitrogens with zero attached hydrogens (tertiary/aromatic N) is 2. The van der Waals surface area contributed by atoms with Gasteiger partial charge in [0.2, 0.25) is 5.91 Å². The molecule has 0 aliphatic carbocycles. The summed E-state index contributed by atoms with van der Waals surface area (Å²) in [4.78, 5) is 41.4. The number of amides is 1. The minimum Gasteiger partial charge on any atom is -0.493 e. The van der Waals surface area contributed by atoms with Gasteiger partial charge in [0.05, 0.1) is 49.8 Å². The van der Waals surface area contributed by atoms with Crippen molar-refractivity contribution in [1.29, 1.82) is 0 Å². The monoisotopic (exact) mass is 425 g/mol. The lowest BCUT2D eigenvalue weighted by Gasteiger charge is -2.14. The van der Waals surface area contributed by atoms with E-state index in [-0.39, 0.29) is 29.1 Å². The number of rotatable bonds is 8. The predicted molar refractivity (Wildman–Crippen MR) is 115 cm³/mol. The molecule has 0 radical (unpaired) electrons. The van der Waals surface area contributed by atoms with Crippen LogP contribution >= 0.6 is 0 Å². The fraction of sp³-hybridized carbons (Fsp3) is 0.273. The first-order valence-corrected chi connectivity index (χ1v) is 9.56. The van der Waals surface area contributed by atoms with Gasteiger partial charge in [-0.05, 0) is 18.6 Å². The number of ether oxygens (including phenoxy) is 3. The summed E-state index contributed by atoms with van der Waals surface area (Å²) >= 11 is 0. The molecule has 1 heterocycles. The molecule has 0 fully saturated rings. The number of carbonyl (C=O) groups is 2. The fourth-order valence-electron chi connectivity index (χ4n) is 3.15. The number of aromatic nitrogens is 2. The molecule has 0 saturated carbocycles. The predicted octanol–water partition coefficient (Wildman–Crippen LogP) is 2.62. The van der Waals surface area contributed by atoms with Gasteiger partial charge >= 0.3 is 5.97 Å². The zero-order valence-electron chi connectivity index (χ0n) is 17.5. The Labute approximate surface area is 178 Å². The van der Waals surface area contributed by atoms with Crippen LogP contribution in [0.15, 0.2) is 47.5 Å². The summed E-state index contributed by atoms with van der Waals surface area (Å²) in [7, 11) is 4.15. The first-order valence-electron chi connectivity index (χ1n) is 9.56. The Morgan fingerprint density at radius 1 is 1.06 bits per heavy atom. The van der Waals surface area contributed by atoms with Crippen molar-refractivity contribution in [1.82, 2.24) is 9.55 Å². The summed E-state index contributed by atoms with van der Waals surface area (Å²) in [6, 6.07) is 10.0. The summed E-state index contributed by atoms with van der Waals surface area (Å²) in [5, 5.41) is 3.23. The van der Waals surface area contributed by atoms with E-state index in [1.165, 1.54) is 44.4 Å². The molecular weight excluding hydrogens is 402 g/mol. The molecule has 0 bridgehead atoms. The van der Waals surface area contributed by atoms with Crippen LogP contribution < -0.4 is 20.3 Å². The smallest absolute Gasteiger partial charge is 0.340 e. The van der Waals surface area contributed by atoms with Gasteiger partial charge < -0.3 is 19.5 Å². The molecule has 1 aromatic heterocycles. The van der Waals surface area contributed by atoms with Crippen molar-refractivity contribution in [3.05, 3.63) is 58.6 Å². The lowest BCUT2D eigenvalue weighted by atomic mass is 10.1.